The Morgan fingerprint density at radius 1 is 1.42 bits per heavy atom. The summed E-state index contributed by atoms with van der Waals surface area (Å²) in [6.07, 6.45) is 2.67. The van der Waals surface area contributed by atoms with E-state index in [1.807, 2.05) is 19.9 Å². The number of esters is 1. The monoisotopic (exact) mass is 262 g/mol. The van der Waals surface area contributed by atoms with Gasteiger partial charge in [0.05, 0.1) is 11.5 Å². The molecule has 1 spiro atoms. The van der Waals surface area contributed by atoms with E-state index in [1.165, 1.54) is 0 Å². The summed E-state index contributed by atoms with van der Waals surface area (Å²) in [6.45, 7) is 5.90. The molecular weight excluding hydrogens is 244 g/mol. The topological polar surface area (TPSA) is 59.1 Å². The van der Waals surface area contributed by atoms with E-state index >= 15 is 0 Å². The Hall–Kier alpha value is -1.13. The minimum atomic E-state index is -0.596. The predicted molar refractivity (Wildman–Crippen MR) is 67.3 cm³/mol. The molecule has 2 heterocycles. The number of carbonyl (C=O) groups is 1. The van der Waals surface area contributed by atoms with E-state index < -0.39 is 11.7 Å². The number of carbonyl (C=O) groups excluding carboxylic acids is 1. The summed E-state index contributed by atoms with van der Waals surface area (Å²) in [5.74, 6) is -0.250. The number of hydrogen-bond acceptors (Lipinski definition) is 4. The first-order valence-electron chi connectivity index (χ1n) is 6.88. The minimum Gasteiger partial charge on any atom is -0.454 e. The smallest absolute Gasteiger partial charge is 0.334 e. The van der Waals surface area contributed by atoms with Gasteiger partial charge in [-0.3, -0.25) is 0 Å². The van der Waals surface area contributed by atoms with Crippen molar-refractivity contribution in [1.82, 2.24) is 0 Å². The molecule has 2 aliphatic heterocycles. The van der Waals surface area contributed by atoms with Crippen molar-refractivity contribution < 1.29 is 19.4 Å². The van der Waals surface area contributed by atoms with E-state index in [0.29, 0.717) is 0 Å². The SMILES string of the molecule is CC1=C[C@H](O)[C@@]23O[C@]2(C)CCC2=C(C)C(=O)O[C@@H]2[C@@H]13. The highest BCUT2D eigenvalue weighted by atomic mass is 16.6. The van der Waals surface area contributed by atoms with Crippen molar-refractivity contribution in [3.8, 4) is 0 Å². The largest absolute Gasteiger partial charge is 0.454 e. The van der Waals surface area contributed by atoms with Gasteiger partial charge < -0.3 is 14.6 Å². The lowest BCUT2D eigenvalue weighted by Crippen LogP contribution is -2.42. The molecule has 0 aromatic carbocycles. The van der Waals surface area contributed by atoms with Crippen LogP contribution in [-0.2, 0) is 14.3 Å². The Bertz CT molecular complexity index is 560. The van der Waals surface area contributed by atoms with E-state index in [4.69, 9.17) is 9.47 Å². The van der Waals surface area contributed by atoms with E-state index in [9.17, 15) is 9.90 Å². The first kappa shape index (κ1) is 11.7. The molecule has 4 heteroatoms. The minimum absolute atomic E-state index is 0.0357. The quantitative estimate of drug-likeness (QED) is 0.408. The Morgan fingerprint density at radius 3 is 2.89 bits per heavy atom. The number of rotatable bonds is 0. The molecule has 4 rings (SSSR count). The van der Waals surface area contributed by atoms with Gasteiger partial charge >= 0.3 is 5.97 Å². The maximum absolute atomic E-state index is 11.8. The van der Waals surface area contributed by atoms with Crippen molar-refractivity contribution in [2.45, 2.75) is 57.0 Å². The second-order valence-electron chi connectivity index (χ2n) is 6.44. The summed E-state index contributed by atoms with van der Waals surface area (Å²) < 4.78 is 11.6. The zero-order chi connectivity index (χ0) is 13.6. The van der Waals surface area contributed by atoms with Gasteiger partial charge in [0.25, 0.3) is 0 Å². The lowest BCUT2D eigenvalue weighted by molar-refractivity contribution is -0.142. The van der Waals surface area contributed by atoms with Crippen molar-refractivity contribution in [3.63, 3.8) is 0 Å². The Labute approximate surface area is 112 Å². The third-order valence-electron chi connectivity index (χ3n) is 5.53. The van der Waals surface area contributed by atoms with Crippen LogP contribution in [0.4, 0.5) is 0 Å². The molecule has 1 saturated heterocycles. The highest BCUT2D eigenvalue weighted by molar-refractivity contribution is 5.92. The summed E-state index contributed by atoms with van der Waals surface area (Å²) in [5.41, 5.74) is 2.06. The van der Waals surface area contributed by atoms with Crippen LogP contribution in [0.3, 0.4) is 0 Å². The summed E-state index contributed by atoms with van der Waals surface area (Å²) in [7, 11) is 0. The van der Waals surface area contributed by atoms with E-state index in [-0.39, 0.29) is 23.6 Å². The molecule has 2 fully saturated rings. The number of hydrogen-bond donors (Lipinski definition) is 1. The fourth-order valence-corrected chi connectivity index (χ4v) is 4.41. The van der Waals surface area contributed by atoms with Crippen LogP contribution in [0.15, 0.2) is 22.8 Å². The van der Waals surface area contributed by atoms with Gasteiger partial charge in [-0.15, -0.1) is 0 Å². The summed E-state index contributed by atoms with van der Waals surface area (Å²) in [6, 6.07) is 0. The molecule has 0 unspecified atom stereocenters. The molecule has 0 aromatic heterocycles. The molecule has 19 heavy (non-hydrogen) atoms. The van der Waals surface area contributed by atoms with Crippen molar-refractivity contribution in [2.75, 3.05) is 0 Å². The molecule has 0 aromatic rings. The maximum atomic E-state index is 11.8. The highest BCUT2D eigenvalue weighted by Crippen LogP contribution is 2.66. The molecule has 4 aliphatic rings. The predicted octanol–water partition coefficient (Wildman–Crippen LogP) is 1.49. The maximum Gasteiger partial charge on any atom is 0.334 e. The van der Waals surface area contributed by atoms with Crippen LogP contribution in [0, 0.1) is 5.92 Å². The van der Waals surface area contributed by atoms with E-state index in [1.54, 1.807) is 0 Å². The van der Waals surface area contributed by atoms with Gasteiger partial charge in [0.1, 0.15) is 17.8 Å². The van der Waals surface area contributed by atoms with Crippen LogP contribution < -0.4 is 0 Å². The Morgan fingerprint density at radius 2 is 2.16 bits per heavy atom. The van der Waals surface area contributed by atoms with Crippen molar-refractivity contribution in [2.24, 2.45) is 5.92 Å². The van der Waals surface area contributed by atoms with Crippen molar-refractivity contribution >= 4 is 5.97 Å². The molecular formula is C15H18O4. The number of aliphatic hydroxyl groups is 1. The normalized spacial score (nSPS) is 51.1. The molecule has 0 radical (unpaired) electrons. The van der Waals surface area contributed by atoms with E-state index in [2.05, 4.69) is 6.92 Å². The van der Waals surface area contributed by atoms with Crippen LogP contribution in [0.25, 0.3) is 0 Å². The fourth-order valence-electron chi connectivity index (χ4n) is 4.41. The zero-order valence-corrected chi connectivity index (χ0v) is 11.4. The molecule has 4 nitrogen and oxygen atoms in total. The summed E-state index contributed by atoms with van der Waals surface area (Å²) in [4.78, 5) is 11.8. The summed E-state index contributed by atoms with van der Waals surface area (Å²) >= 11 is 0. The second-order valence-corrected chi connectivity index (χ2v) is 6.44. The van der Waals surface area contributed by atoms with Crippen LogP contribution in [0.2, 0.25) is 0 Å². The van der Waals surface area contributed by atoms with Gasteiger partial charge in [-0.1, -0.05) is 11.6 Å². The number of aliphatic hydroxyl groups excluding tert-OH is 1. The van der Waals surface area contributed by atoms with Crippen LogP contribution >= 0.6 is 0 Å². The molecule has 2 aliphatic carbocycles. The molecule has 5 atom stereocenters. The first-order chi connectivity index (χ1) is 8.91. The van der Waals surface area contributed by atoms with Crippen LogP contribution in [0.5, 0.6) is 0 Å². The third kappa shape index (κ3) is 1.11. The average Bonchev–Trinajstić information content (AvgIpc) is 2.77. The Kier molecular flexibility index (Phi) is 1.92. The molecule has 102 valence electrons. The zero-order valence-electron chi connectivity index (χ0n) is 11.4. The lowest BCUT2D eigenvalue weighted by Gasteiger charge is -2.27. The standard InChI is InChI=1S/C15H18O4/c1-7-6-10(16)15-11(7)12-9(8(2)13(17)18-12)4-5-14(15,3)19-15/h6,10-12,16H,4-5H2,1-3H3/t10-,11+,12-,14+,15-/m0/s1. The lowest BCUT2D eigenvalue weighted by atomic mass is 9.78. The number of fused-ring (bicyclic) bond motifs is 2. The van der Waals surface area contributed by atoms with Gasteiger partial charge in [0.15, 0.2) is 0 Å². The van der Waals surface area contributed by atoms with Gasteiger partial charge in [-0.2, -0.15) is 0 Å². The van der Waals surface area contributed by atoms with E-state index in [0.717, 1.165) is 29.6 Å². The van der Waals surface area contributed by atoms with Gasteiger partial charge in [-0.25, -0.2) is 4.79 Å². The summed E-state index contributed by atoms with van der Waals surface area (Å²) in [5, 5.41) is 10.4. The molecule has 1 N–H and O–H groups in total. The number of ether oxygens (including phenoxy) is 2. The molecule has 1 saturated carbocycles. The highest BCUT2D eigenvalue weighted by Gasteiger charge is 2.78. The second kappa shape index (κ2) is 3.13. The van der Waals surface area contributed by atoms with Crippen molar-refractivity contribution in [1.29, 1.82) is 0 Å². The van der Waals surface area contributed by atoms with Crippen LogP contribution in [-0.4, -0.2) is 34.5 Å². The van der Waals surface area contributed by atoms with Gasteiger partial charge in [0.2, 0.25) is 0 Å². The number of epoxide rings is 1. The first-order valence-corrected chi connectivity index (χ1v) is 6.88. The Balaban J connectivity index is 1.87. The fraction of sp³-hybridized carbons (Fsp3) is 0.667. The van der Waals surface area contributed by atoms with Gasteiger partial charge in [-0.05, 0) is 39.2 Å². The third-order valence-corrected chi connectivity index (χ3v) is 5.53. The van der Waals surface area contributed by atoms with Gasteiger partial charge in [0, 0.05) is 5.57 Å². The van der Waals surface area contributed by atoms with Crippen molar-refractivity contribution in [3.05, 3.63) is 22.8 Å². The van der Waals surface area contributed by atoms with Crippen LogP contribution in [0.1, 0.15) is 33.6 Å². The average molecular weight is 262 g/mol. The molecule has 0 amide bonds. The molecule has 0 bridgehead atoms.